The van der Waals surface area contributed by atoms with Crippen LogP contribution < -0.4 is 5.32 Å². The molecule has 17 heavy (non-hydrogen) atoms. The number of aromatic amines is 1. The average Bonchev–Trinajstić information content (AvgIpc) is 2.83. The summed E-state index contributed by atoms with van der Waals surface area (Å²) in [5.41, 5.74) is 1.08. The van der Waals surface area contributed by atoms with Crippen molar-refractivity contribution in [3.8, 4) is 0 Å². The van der Waals surface area contributed by atoms with E-state index in [9.17, 15) is 0 Å². The molecule has 0 bridgehead atoms. The second kappa shape index (κ2) is 6.15. The van der Waals surface area contributed by atoms with Gasteiger partial charge >= 0.3 is 0 Å². The van der Waals surface area contributed by atoms with Crippen LogP contribution in [0.15, 0.2) is 6.20 Å². The predicted molar refractivity (Wildman–Crippen MR) is 68.5 cm³/mol. The van der Waals surface area contributed by atoms with Crippen LogP contribution in [0.2, 0.25) is 0 Å². The van der Waals surface area contributed by atoms with Gasteiger partial charge in [-0.15, -0.1) is 0 Å². The molecule has 0 amide bonds. The van der Waals surface area contributed by atoms with E-state index in [-0.39, 0.29) is 0 Å². The van der Waals surface area contributed by atoms with E-state index in [0.29, 0.717) is 6.04 Å². The molecule has 1 fully saturated rings. The minimum absolute atomic E-state index is 0.386. The molecule has 4 nitrogen and oxygen atoms in total. The van der Waals surface area contributed by atoms with Crippen molar-refractivity contribution < 1.29 is 0 Å². The summed E-state index contributed by atoms with van der Waals surface area (Å²) in [6, 6.07) is 0.386. The lowest BCUT2D eigenvalue weighted by atomic mass is 9.78. The third kappa shape index (κ3) is 3.28. The van der Waals surface area contributed by atoms with Crippen LogP contribution >= 0.6 is 0 Å². The van der Waals surface area contributed by atoms with Gasteiger partial charge in [-0.2, -0.15) is 15.4 Å². The minimum Gasteiger partial charge on any atom is -0.308 e. The van der Waals surface area contributed by atoms with Gasteiger partial charge in [0.1, 0.15) is 0 Å². The van der Waals surface area contributed by atoms with E-state index in [1.165, 1.54) is 25.7 Å². The molecule has 0 saturated heterocycles. The molecule has 1 aliphatic carbocycles. The van der Waals surface area contributed by atoms with E-state index in [0.717, 1.165) is 30.5 Å². The van der Waals surface area contributed by atoms with Gasteiger partial charge in [0, 0.05) is 0 Å². The molecule has 1 saturated carbocycles. The zero-order valence-electron chi connectivity index (χ0n) is 10.9. The summed E-state index contributed by atoms with van der Waals surface area (Å²) in [4.78, 5) is 0. The quantitative estimate of drug-likeness (QED) is 0.826. The number of rotatable bonds is 5. The molecule has 1 heterocycles. The smallest absolute Gasteiger partial charge is 0.0996 e. The molecule has 1 aromatic rings. The molecule has 0 spiro atoms. The molecule has 1 aliphatic rings. The van der Waals surface area contributed by atoms with E-state index >= 15 is 0 Å². The van der Waals surface area contributed by atoms with Crippen LogP contribution in [-0.4, -0.2) is 22.0 Å². The second-order valence-electron chi connectivity index (χ2n) is 5.36. The van der Waals surface area contributed by atoms with E-state index in [1.54, 1.807) is 0 Å². The maximum atomic E-state index is 4.27. The Balaban J connectivity index is 2.03. The molecule has 0 radical (unpaired) electrons. The molecular formula is C13H24N4. The van der Waals surface area contributed by atoms with Crippen LogP contribution in [0.3, 0.4) is 0 Å². The van der Waals surface area contributed by atoms with Crippen molar-refractivity contribution in [3.05, 3.63) is 11.9 Å². The van der Waals surface area contributed by atoms with Crippen LogP contribution in [0, 0.1) is 11.8 Å². The first-order valence-corrected chi connectivity index (χ1v) is 6.90. The van der Waals surface area contributed by atoms with Gasteiger partial charge < -0.3 is 5.32 Å². The van der Waals surface area contributed by atoms with E-state index in [1.807, 2.05) is 6.20 Å². The Bertz CT molecular complexity index is 309. The fraction of sp³-hybridized carbons (Fsp3) is 0.846. The Hall–Kier alpha value is -0.900. The molecule has 4 heteroatoms. The van der Waals surface area contributed by atoms with Crippen molar-refractivity contribution >= 4 is 0 Å². The number of aromatic nitrogens is 3. The van der Waals surface area contributed by atoms with Gasteiger partial charge in [-0.1, -0.05) is 26.7 Å². The van der Waals surface area contributed by atoms with Crippen LogP contribution in [-0.2, 0) is 0 Å². The monoisotopic (exact) mass is 236 g/mol. The van der Waals surface area contributed by atoms with Crippen molar-refractivity contribution in [2.75, 3.05) is 6.54 Å². The topological polar surface area (TPSA) is 53.6 Å². The van der Waals surface area contributed by atoms with Crippen molar-refractivity contribution in [2.24, 2.45) is 11.8 Å². The minimum atomic E-state index is 0.386. The van der Waals surface area contributed by atoms with Gasteiger partial charge in [0.15, 0.2) is 0 Å². The Morgan fingerprint density at radius 3 is 3.06 bits per heavy atom. The zero-order chi connectivity index (χ0) is 12.1. The first kappa shape index (κ1) is 12.6. The highest BCUT2D eigenvalue weighted by Crippen LogP contribution is 2.36. The third-order valence-corrected chi connectivity index (χ3v) is 3.81. The number of hydrogen-bond acceptors (Lipinski definition) is 3. The number of nitrogens with one attached hydrogen (secondary N) is 2. The van der Waals surface area contributed by atoms with Gasteiger partial charge in [-0.3, -0.25) is 0 Å². The lowest BCUT2D eigenvalue weighted by Crippen LogP contribution is -2.32. The lowest BCUT2D eigenvalue weighted by molar-refractivity contribution is 0.221. The molecule has 2 rings (SSSR count). The third-order valence-electron chi connectivity index (χ3n) is 3.81. The maximum Gasteiger partial charge on any atom is 0.0996 e. The fourth-order valence-electron chi connectivity index (χ4n) is 2.96. The van der Waals surface area contributed by atoms with Gasteiger partial charge in [0.25, 0.3) is 0 Å². The van der Waals surface area contributed by atoms with Gasteiger partial charge in [-0.05, 0) is 37.6 Å². The molecule has 96 valence electrons. The summed E-state index contributed by atoms with van der Waals surface area (Å²) >= 11 is 0. The Kier molecular flexibility index (Phi) is 4.54. The largest absolute Gasteiger partial charge is 0.308 e. The summed E-state index contributed by atoms with van der Waals surface area (Å²) in [5, 5.41) is 14.6. The summed E-state index contributed by atoms with van der Waals surface area (Å²) in [7, 11) is 0. The predicted octanol–water partition coefficient (Wildman–Crippen LogP) is 2.67. The lowest BCUT2D eigenvalue weighted by Gasteiger charge is -2.32. The zero-order valence-corrected chi connectivity index (χ0v) is 10.9. The highest BCUT2D eigenvalue weighted by molar-refractivity contribution is 5.03. The Morgan fingerprint density at radius 1 is 1.53 bits per heavy atom. The number of nitrogens with zero attached hydrogens (tertiary/aromatic N) is 2. The molecular weight excluding hydrogens is 212 g/mol. The number of H-pyrrole nitrogens is 1. The van der Waals surface area contributed by atoms with Gasteiger partial charge in [0.2, 0.25) is 0 Å². The summed E-state index contributed by atoms with van der Waals surface area (Å²) < 4.78 is 0. The van der Waals surface area contributed by atoms with Crippen LogP contribution in [0.4, 0.5) is 0 Å². The standard InChI is InChI=1S/C13H24N4/c1-3-7-14-13(12-9-15-17-16-12)11-6-4-5-10(2)8-11/h9-11,13-14H,3-8H2,1-2H3,(H,15,16,17). The molecule has 1 aromatic heterocycles. The van der Waals surface area contributed by atoms with E-state index in [2.05, 4.69) is 34.6 Å². The van der Waals surface area contributed by atoms with Crippen molar-refractivity contribution in [1.82, 2.24) is 20.7 Å². The van der Waals surface area contributed by atoms with Gasteiger partial charge in [0.05, 0.1) is 17.9 Å². The van der Waals surface area contributed by atoms with E-state index < -0.39 is 0 Å². The summed E-state index contributed by atoms with van der Waals surface area (Å²) in [6.07, 6.45) is 8.40. The maximum absolute atomic E-state index is 4.27. The van der Waals surface area contributed by atoms with Crippen LogP contribution in [0.25, 0.3) is 0 Å². The molecule has 3 atom stereocenters. The SMILES string of the molecule is CCCNC(c1cn[nH]n1)C1CCCC(C)C1. The Labute approximate surface area is 104 Å². The molecule has 2 N–H and O–H groups in total. The fourth-order valence-corrected chi connectivity index (χ4v) is 2.96. The first-order valence-electron chi connectivity index (χ1n) is 6.90. The molecule has 3 unspecified atom stereocenters. The summed E-state index contributed by atoms with van der Waals surface area (Å²) in [6.45, 7) is 5.63. The molecule has 0 aliphatic heterocycles. The van der Waals surface area contributed by atoms with Crippen molar-refractivity contribution in [3.63, 3.8) is 0 Å². The highest BCUT2D eigenvalue weighted by Gasteiger charge is 2.28. The first-order chi connectivity index (χ1) is 8.31. The van der Waals surface area contributed by atoms with Crippen LogP contribution in [0.1, 0.15) is 57.7 Å². The average molecular weight is 236 g/mol. The molecule has 0 aromatic carbocycles. The van der Waals surface area contributed by atoms with Gasteiger partial charge in [-0.25, -0.2) is 0 Å². The summed E-state index contributed by atoms with van der Waals surface area (Å²) in [5.74, 6) is 1.57. The van der Waals surface area contributed by atoms with Crippen LogP contribution in [0.5, 0.6) is 0 Å². The number of hydrogen-bond donors (Lipinski definition) is 2. The second-order valence-corrected chi connectivity index (χ2v) is 5.36. The normalized spacial score (nSPS) is 26.9. The van der Waals surface area contributed by atoms with Crippen molar-refractivity contribution in [2.45, 2.75) is 52.0 Å². The van der Waals surface area contributed by atoms with E-state index in [4.69, 9.17) is 0 Å². The highest BCUT2D eigenvalue weighted by atomic mass is 15.3. The Morgan fingerprint density at radius 2 is 2.41 bits per heavy atom. The van der Waals surface area contributed by atoms with Crippen molar-refractivity contribution in [1.29, 1.82) is 0 Å².